The summed E-state index contributed by atoms with van der Waals surface area (Å²) in [4.78, 5) is 6.29. The first-order valence-electron chi connectivity index (χ1n) is 8.60. The summed E-state index contributed by atoms with van der Waals surface area (Å²) in [5, 5.41) is 8.53. The molecular weight excluding hydrogens is 337 g/mol. The Balaban J connectivity index is 1.45. The minimum Gasteiger partial charge on any atom is -0.472 e. The predicted octanol–water partition coefficient (Wildman–Crippen LogP) is 2.43. The van der Waals surface area contributed by atoms with E-state index in [-0.39, 0.29) is 12.5 Å². The number of hydrogen-bond acceptors (Lipinski definition) is 6. The molecule has 7 nitrogen and oxygen atoms in total. The predicted molar refractivity (Wildman–Crippen MR) is 90.8 cm³/mol. The van der Waals surface area contributed by atoms with Crippen LogP contribution in [0, 0.1) is 5.82 Å². The molecule has 136 valence electrons. The third-order valence-corrected chi connectivity index (χ3v) is 4.64. The van der Waals surface area contributed by atoms with Gasteiger partial charge in [-0.15, -0.1) is 10.2 Å². The highest BCUT2D eigenvalue weighted by Gasteiger charge is 2.24. The van der Waals surface area contributed by atoms with Crippen molar-refractivity contribution in [2.24, 2.45) is 0 Å². The van der Waals surface area contributed by atoms with Crippen molar-refractivity contribution in [3.05, 3.63) is 60.0 Å². The zero-order valence-corrected chi connectivity index (χ0v) is 14.5. The van der Waals surface area contributed by atoms with E-state index in [2.05, 4.69) is 31.6 Å². The van der Waals surface area contributed by atoms with Gasteiger partial charge in [-0.05, 0) is 25.1 Å². The van der Waals surface area contributed by atoms with E-state index in [0.29, 0.717) is 11.9 Å². The molecule has 0 aliphatic carbocycles. The number of hydrogen-bond donors (Lipinski definition) is 0. The second-order valence-electron chi connectivity index (χ2n) is 6.42. The van der Waals surface area contributed by atoms with Crippen LogP contribution in [0.25, 0.3) is 0 Å². The molecule has 0 N–H and O–H groups in total. The summed E-state index contributed by atoms with van der Waals surface area (Å²) in [5.74, 6) is 1.10. The van der Waals surface area contributed by atoms with Crippen molar-refractivity contribution in [3.63, 3.8) is 0 Å². The SMILES string of the molecule is C[C@@H]1Cc2nnc(COc3ncccc3F)n2CCN1Cc1ccoc1. The molecule has 0 amide bonds. The smallest absolute Gasteiger partial charge is 0.250 e. The van der Waals surface area contributed by atoms with Crippen LogP contribution < -0.4 is 4.74 Å². The van der Waals surface area contributed by atoms with Gasteiger partial charge in [0.25, 0.3) is 5.88 Å². The van der Waals surface area contributed by atoms with Crippen LogP contribution in [-0.2, 0) is 26.1 Å². The summed E-state index contributed by atoms with van der Waals surface area (Å²) in [6.07, 6.45) is 5.76. The first-order valence-corrected chi connectivity index (χ1v) is 8.60. The molecule has 0 radical (unpaired) electrons. The van der Waals surface area contributed by atoms with E-state index < -0.39 is 5.82 Å². The summed E-state index contributed by atoms with van der Waals surface area (Å²) in [5.41, 5.74) is 1.16. The second kappa shape index (κ2) is 7.25. The van der Waals surface area contributed by atoms with E-state index in [4.69, 9.17) is 9.15 Å². The Morgan fingerprint density at radius 1 is 1.31 bits per heavy atom. The fourth-order valence-corrected chi connectivity index (χ4v) is 3.19. The lowest BCUT2D eigenvalue weighted by atomic mass is 10.2. The first-order chi connectivity index (χ1) is 12.7. The minimum absolute atomic E-state index is 0.0200. The van der Waals surface area contributed by atoms with Crippen molar-refractivity contribution in [2.75, 3.05) is 6.54 Å². The third-order valence-electron chi connectivity index (χ3n) is 4.64. The van der Waals surface area contributed by atoms with Crippen LogP contribution in [0.4, 0.5) is 4.39 Å². The van der Waals surface area contributed by atoms with Gasteiger partial charge in [-0.25, -0.2) is 9.37 Å². The van der Waals surface area contributed by atoms with Crippen molar-refractivity contribution < 1.29 is 13.5 Å². The Morgan fingerprint density at radius 3 is 3.04 bits per heavy atom. The molecule has 0 saturated heterocycles. The summed E-state index contributed by atoms with van der Waals surface area (Å²) >= 11 is 0. The van der Waals surface area contributed by atoms with Crippen LogP contribution in [0.1, 0.15) is 24.1 Å². The van der Waals surface area contributed by atoms with Gasteiger partial charge in [0.15, 0.2) is 11.6 Å². The lowest BCUT2D eigenvalue weighted by Gasteiger charge is -2.25. The molecule has 0 saturated carbocycles. The maximum atomic E-state index is 13.7. The zero-order chi connectivity index (χ0) is 17.9. The molecule has 0 spiro atoms. The van der Waals surface area contributed by atoms with E-state index in [9.17, 15) is 4.39 Å². The number of aromatic nitrogens is 4. The van der Waals surface area contributed by atoms with Gasteiger partial charge in [-0.2, -0.15) is 0 Å². The fourth-order valence-electron chi connectivity index (χ4n) is 3.19. The molecular formula is C18H20FN5O2. The maximum Gasteiger partial charge on any atom is 0.250 e. The van der Waals surface area contributed by atoms with Crippen molar-refractivity contribution in [3.8, 4) is 5.88 Å². The van der Waals surface area contributed by atoms with Crippen molar-refractivity contribution in [2.45, 2.75) is 39.1 Å². The van der Waals surface area contributed by atoms with Crippen molar-refractivity contribution in [1.29, 1.82) is 0 Å². The molecule has 3 aromatic heterocycles. The van der Waals surface area contributed by atoms with E-state index in [1.807, 2.05) is 6.07 Å². The van der Waals surface area contributed by atoms with Crippen LogP contribution >= 0.6 is 0 Å². The van der Waals surface area contributed by atoms with Gasteiger partial charge in [0.2, 0.25) is 0 Å². The fraction of sp³-hybridized carbons (Fsp3) is 0.389. The Morgan fingerprint density at radius 2 is 2.23 bits per heavy atom. The molecule has 1 atom stereocenters. The van der Waals surface area contributed by atoms with Crippen molar-refractivity contribution >= 4 is 0 Å². The lowest BCUT2D eigenvalue weighted by Crippen LogP contribution is -2.34. The van der Waals surface area contributed by atoms with Gasteiger partial charge >= 0.3 is 0 Å². The molecule has 4 rings (SSSR count). The molecule has 0 aromatic carbocycles. The van der Waals surface area contributed by atoms with Crippen LogP contribution in [0.5, 0.6) is 5.88 Å². The molecule has 1 aliphatic heterocycles. The molecule has 8 heteroatoms. The Hall–Kier alpha value is -2.74. The summed E-state index contributed by atoms with van der Waals surface area (Å²) in [7, 11) is 0. The van der Waals surface area contributed by atoms with E-state index in [1.165, 1.54) is 18.3 Å². The van der Waals surface area contributed by atoms with Gasteiger partial charge in [0.1, 0.15) is 12.4 Å². The minimum atomic E-state index is -0.483. The van der Waals surface area contributed by atoms with Gasteiger partial charge in [0, 0.05) is 43.9 Å². The van der Waals surface area contributed by atoms with Crippen LogP contribution in [0.3, 0.4) is 0 Å². The monoisotopic (exact) mass is 357 g/mol. The van der Waals surface area contributed by atoms with Gasteiger partial charge < -0.3 is 13.7 Å². The normalized spacial score (nSPS) is 17.7. The highest BCUT2D eigenvalue weighted by Crippen LogP contribution is 2.19. The number of fused-ring (bicyclic) bond motifs is 1. The molecule has 1 aliphatic rings. The van der Waals surface area contributed by atoms with Crippen LogP contribution in [0.2, 0.25) is 0 Å². The number of halogens is 1. The number of ether oxygens (including phenoxy) is 1. The number of furan rings is 1. The summed E-state index contributed by atoms with van der Waals surface area (Å²) in [6, 6.07) is 5.17. The van der Waals surface area contributed by atoms with Crippen LogP contribution in [-0.4, -0.2) is 37.2 Å². The highest BCUT2D eigenvalue weighted by molar-refractivity contribution is 5.13. The van der Waals surface area contributed by atoms with E-state index in [1.54, 1.807) is 12.5 Å². The number of nitrogens with zero attached hydrogens (tertiary/aromatic N) is 5. The number of rotatable bonds is 5. The molecule has 3 aromatic rings. The van der Waals surface area contributed by atoms with Gasteiger partial charge in [0.05, 0.1) is 12.5 Å². The van der Waals surface area contributed by atoms with Crippen LogP contribution in [0.15, 0.2) is 41.3 Å². The molecule has 0 unspecified atom stereocenters. The molecule has 0 fully saturated rings. The largest absolute Gasteiger partial charge is 0.472 e. The highest BCUT2D eigenvalue weighted by atomic mass is 19.1. The standard InChI is InChI=1S/C18H20FN5O2/c1-13-9-16-21-22-17(12-26-18-15(19)3-2-5-20-18)24(16)7-6-23(13)10-14-4-8-25-11-14/h2-5,8,11,13H,6-7,9-10,12H2,1H3/t13-/m1/s1. The number of pyridine rings is 1. The Kier molecular flexibility index (Phi) is 4.66. The van der Waals surface area contributed by atoms with Gasteiger partial charge in [-0.3, -0.25) is 4.90 Å². The van der Waals surface area contributed by atoms with Gasteiger partial charge in [-0.1, -0.05) is 0 Å². The summed E-state index contributed by atoms with van der Waals surface area (Å²) in [6.45, 7) is 4.78. The maximum absolute atomic E-state index is 13.7. The third kappa shape index (κ3) is 3.45. The molecule has 26 heavy (non-hydrogen) atoms. The Bertz CT molecular complexity index is 864. The zero-order valence-electron chi connectivity index (χ0n) is 14.5. The average molecular weight is 357 g/mol. The summed E-state index contributed by atoms with van der Waals surface area (Å²) < 4.78 is 26.4. The molecule has 0 bridgehead atoms. The van der Waals surface area contributed by atoms with E-state index in [0.717, 1.165) is 37.4 Å². The lowest BCUT2D eigenvalue weighted by molar-refractivity contribution is 0.200. The topological polar surface area (TPSA) is 69.2 Å². The van der Waals surface area contributed by atoms with Crippen molar-refractivity contribution in [1.82, 2.24) is 24.6 Å². The second-order valence-corrected chi connectivity index (χ2v) is 6.42. The average Bonchev–Trinajstić information content (AvgIpc) is 3.25. The quantitative estimate of drug-likeness (QED) is 0.699. The molecule has 4 heterocycles. The Labute approximate surface area is 150 Å². The first kappa shape index (κ1) is 16.7. The van der Waals surface area contributed by atoms with E-state index >= 15 is 0 Å².